The third kappa shape index (κ3) is 5.48. The van der Waals surface area contributed by atoms with Gasteiger partial charge in [0.2, 0.25) is 0 Å². The largest absolute Gasteiger partial charge is 0.455 e. The Balaban J connectivity index is 0.00000272. The molecule has 0 radical (unpaired) electrons. The Morgan fingerprint density at radius 3 is 2.58 bits per heavy atom. The molecule has 2 aromatic carbocycles. The van der Waals surface area contributed by atoms with Crippen LogP contribution in [0.5, 0.6) is 11.5 Å². The van der Waals surface area contributed by atoms with Crippen LogP contribution in [0.1, 0.15) is 23.2 Å². The molecule has 160 valence electrons. The van der Waals surface area contributed by atoms with E-state index >= 15 is 0 Å². The number of benzene rings is 2. The summed E-state index contributed by atoms with van der Waals surface area (Å²) in [5, 5.41) is 4.42. The molecule has 3 N–H and O–H groups in total. The summed E-state index contributed by atoms with van der Waals surface area (Å²) in [5.74, 6) is 2.30. The van der Waals surface area contributed by atoms with Crippen molar-refractivity contribution in [1.29, 1.82) is 0 Å². The van der Waals surface area contributed by atoms with E-state index in [2.05, 4.69) is 32.4 Å². The highest BCUT2D eigenvalue weighted by Gasteiger charge is 2.08. The molecule has 0 spiro atoms. The van der Waals surface area contributed by atoms with E-state index in [1.807, 2.05) is 50.2 Å². The van der Waals surface area contributed by atoms with Gasteiger partial charge in [0.15, 0.2) is 0 Å². The molecule has 31 heavy (non-hydrogen) atoms. The summed E-state index contributed by atoms with van der Waals surface area (Å²) in [5.41, 5.74) is 10.7. The molecule has 0 bridgehead atoms. The molecule has 0 aliphatic rings. The molecular weight excluding hydrogens is 410 g/mol. The SMILES string of the molecule is Cc1ccc(Oc2ccc(Nc3ncnc4ccc(CCCN)cc34)cc2C)cn1.Cl. The highest BCUT2D eigenvalue weighted by Crippen LogP contribution is 2.30. The van der Waals surface area contributed by atoms with Crippen LogP contribution in [0.15, 0.2) is 61.1 Å². The highest BCUT2D eigenvalue weighted by atomic mass is 35.5. The van der Waals surface area contributed by atoms with Crippen molar-refractivity contribution in [3.05, 3.63) is 77.9 Å². The number of rotatable bonds is 7. The van der Waals surface area contributed by atoms with Gasteiger partial charge in [-0.15, -0.1) is 12.4 Å². The number of hydrogen-bond donors (Lipinski definition) is 2. The first kappa shape index (κ1) is 22.5. The van der Waals surface area contributed by atoms with Crippen molar-refractivity contribution in [3.8, 4) is 11.5 Å². The van der Waals surface area contributed by atoms with Gasteiger partial charge in [0.25, 0.3) is 0 Å². The maximum Gasteiger partial charge on any atom is 0.145 e. The van der Waals surface area contributed by atoms with E-state index in [1.54, 1.807) is 12.5 Å². The smallest absolute Gasteiger partial charge is 0.145 e. The zero-order valence-corrected chi connectivity index (χ0v) is 18.4. The number of pyridine rings is 1. The van der Waals surface area contributed by atoms with Crippen LogP contribution in [0.4, 0.5) is 11.5 Å². The van der Waals surface area contributed by atoms with Crippen molar-refractivity contribution in [2.45, 2.75) is 26.7 Å². The Hall–Kier alpha value is -3.22. The van der Waals surface area contributed by atoms with Crippen molar-refractivity contribution in [2.75, 3.05) is 11.9 Å². The van der Waals surface area contributed by atoms with Gasteiger partial charge >= 0.3 is 0 Å². The van der Waals surface area contributed by atoms with Crippen LogP contribution in [-0.4, -0.2) is 21.5 Å². The molecule has 6 nitrogen and oxygen atoms in total. The minimum absolute atomic E-state index is 0. The predicted molar refractivity (Wildman–Crippen MR) is 128 cm³/mol. The van der Waals surface area contributed by atoms with Gasteiger partial charge in [0, 0.05) is 16.8 Å². The van der Waals surface area contributed by atoms with Crippen LogP contribution in [0, 0.1) is 13.8 Å². The van der Waals surface area contributed by atoms with Crippen LogP contribution in [0.25, 0.3) is 10.9 Å². The molecule has 0 amide bonds. The summed E-state index contributed by atoms with van der Waals surface area (Å²) in [6, 6.07) is 16.1. The van der Waals surface area contributed by atoms with Crippen molar-refractivity contribution in [1.82, 2.24) is 15.0 Å². The van der Waals surface area contributed by atoms with E-state index in [-0.39, 0.29) is 12.4 Å². The zero-order chi connectivity index (χ0) is 20.9. The van der Waals surface area contributed by atoms with E-state index in [9.17, 15) is 0 Å². The number of aromatic nitrogens is 3. The van der Waals surface area contributed by atoms with E-state index in [4.69, 9.17) is 10.5 Å². The van der Waals surface area contributed by atoms with Gasteiger partial charge in [0.1, 0.15) is 23.6 Å². The van der Waals surface area contributed by atoms with Crippen LogP contribution < -0.4 is 15.8 Å². The minimum atomic E-state index is 0. The summed E-state index contributed by atoms with van der Waals surface area (Å²) in [6.07, 6.45) is 5.22. The first-order valence-electron chi connectivity index (χ1n) is 10.0. The zero-order valence-electron chi connectivity index (χ0n) is 17.6. The first-order chi connectivity index (χ1) is 14.6. The van der Waals surface area contributed by atoms with Crippen molar-refractivity contribution in [3.63, 3.8) is 0 Å². The lowest BCUT2D eigenvalue weighted by Gasteiger charge is -2.13. The van der Waals surface area contributed by atoms with Gasteiger partial charge in [-0.1, -0.05) is 6.07 Å². The van der Waals surface area contributed by atoms with E-state index in [0.717, 1.165) is 58.0 Å². The van der Waals surface area contributed by atoms with Gasteiger partial charge in [0.05, 0.1) is 11.7 Å². The number of fused-ring (bicyclic) bond motifs is 1. The van der Waals surface area contributed by atoms with Crippen molar-refractivity contribution >= 4 is 34.8 Å². The second-order valence-corrected chi connectivity index (χ2v) is 7.31. The molecule has 0 aliphatic carbocycles. The molecule has 4 aromatic rings. The van der Waals surface area contributed by atoms with Crippen LogP contribution in [0.3, 0.4) is 0 Å². The number of nitrogens with one attached hydrogen (secondary N) is 1. The van der Waals surface area contributed by atoms with Crippen molar-refractivity contribution in [2.24, 2.45) is 5.73 Å². The Morgan fingerprint density at radius 2 is 1.84 bits per heavy atom. The molecule has 0 saturated heterocycles. The minimum Gasteiger partial charge on any atom is -0.455 e. The predicted octanol–water partition coefficient (Wildman–Crippen LogP) is 5.49. The van der Waals surface area contributed by atoms with E-state index < -0.39 is 0 Å². The second kappa shape index (κ2) is 10.2. The lowest BCUT2D eigenvalue weighted by Crippen LogP contribution is -2.01. The fourth-order valence-corrected chi connectivity index (χ4v) is 3.29. The van der Waals surface area contributed by atoms with Crippen LogP contribution >= 0.6 is 12.4 Å². The standard InChI is InChI=1S/C24H25N5O.ClH/c1-16-12-19(7-10-23(16)30-20-8-5-17(2)26-14-20)29-24-21-13-18(4-3-11-25)6-9-22(21)27-15-28-24;/h5-10,12-15H,3-4,11,25H2,1-2H3,(H,27,28,29);1H. The number of nitrogens with two attached hydrogens (primary N) is 1. The number of anilines is 2. The average Bonchev–Trinajstić information content (AvgIpc) is 2.76. The summed E-state index contributed by atoms with van der Waals surface area (Å²) in [4.78, 5) is 13.1. The van der Waals surface area contributed by atoms with Gasteiger partial charge in [-0.3, -0.25) is 4.98 Å². The summed E-state index contributed by atoms with van der Waals surface area (Å²) < 4.78 is 5.97. The Morgan fingerprint density at radius 1 is 0.968 bits per heavy atom. The molecule has 2 aromatic heterocycles. The molecule has 0 atom stereocenters. The van der Waals surface area contributed by atoms with Crippen molar-refractivity contribution < 1.29 is 4.74 Å². The molecule has 4 rings (SSSR count). The number of halogens is 1. The molecule has 0 unspecified atom stereocenters. The maximum absolute atomic E-state index is 5.97. The van der Waals surface area contributed by atoms with Crippen LogP contribution in [0.2, 0.25) is 0 Å². The second-order valence-electron chi connectivity index (χ2n) is 7.31. The molecule has 0 aliphatic heterocycles. The van der Waals surface area contributed by atoms with Gasteiger partial charge in [-0.05, 0) is 86.8 Å². The fraction of sp³-hybridized carbons (Fsp3) is 0.208. The molecule has 7 heteroatoms. The molecule has 0 fully saturated rings. The number of aryl methyl sites for hydroxylation is 3. The third-order valence-electron chi connectivity index (χ3n) is 4.92. The lowest BCUT2D eigenvalue weighted by molar-refractivity contribution is 0.476. The van der Waals surface area contributed by atoms with E-state index in [1.165, 1.54) is 5.56 Å². The first-order valence-corrected chi connectivity index (χ1v) is 10.0. The fourth-order valence-electron chi connectivity index (χ4n) is 3.29. The molecular formula is C24H26ClN5O. The lowest BCUT2D eigenvalue weighted by atomic mass is 10.1. The molecule has 2 heterocycles. The number of nitrogens with zero attached hydrogens (tertiary/aromatic N) is 3. The summed E-state index contributed by atoms with van der Waals surface area (Å²) >= 11 is 0. The Bertz CT molecular complexity index is 1160. The monoisotopic (exact) mass is 435 g/mol. The Kier molecular flexibility index (Phi) is 7.39. The average molecular weight is 436 g/mol. The quantitative estimate of drug-likeness (QED) is 0.399. The third-order valence-corrected chi connectivity index (χ3v) is 4.92. The topological polar surface area (TPSA) is 86.0 Å². The number of ether oxygens (including phenoxy) is 1. The molecule has 0 saturated carbocycles. The Labute approximate surface area is 188 Å². The maximum atomic E-state index is 5.97. The summed E-state index contributed by atoms with van der Waals surface area (Å²) in [6.45, 7) is 4.65. The van der Waals surface area contributed by atoms with E-state index in [0.29, 0.717) is 6.54 Å². The number of hydrogen-bond acceptors (Lipinski definition) is 6. The summed E-state index contributed by atoms with van der Waals surface area (Å²) in [7, 11) is 0. The normalized spacial score (nSPS) is 10.5. The highest BCUT2D eigenvalue weighted by molar-refractivity contribution is 5.91. The van der Waals surface area contributed by atoms with Gasteiger partial charge in [-0.25, -0.2) is 9.97 Å². The van der Waals surface area contributed by atoms with Crippen LogP contribution in [-0.2, 0) is 6.42 Å². The van der Waals surface area contributed by atoms with Gasteiger partial charge in [-0.2, -0.15) is 0 Å². The van der Waals surface area contributed by atoms with Gasteiger partial charge < -0.3 is 15.8 Å².